The molecule has 0 N–H and O–H groups in total. The molecule has 0 fully saturated rings. The zero-order valence-electron chi connectivity index (χ0n) is 7.27. The van der Waals surface area contributed by atoms with Gasteiger partial charge in [-0.3, -0.25) is 0 Å². The fourth-order valence-corrected chi connectivity index (χ4v) is 1.30. The third kappa shape index (κ3) is 2.07. The number of hydrogen-bond acceptors (Lipinski definition) is 0. The predicted octanol–water partition coefficient (Wildman–Crippen LogP) is 3.50. The van der Waals surface area contributed by atoms with Crippen LogP contribution in [0, 0.1) is 5.82 Å². The minimum Gasteiger partial charge on any atom is -0.207 e. The largest absolute Gasteiger partial charge is 0.207 e. The van der Waals surface area contributed by atoms with Crippen LogP contribution in [0.5, 0.6) is 0 Å². The van der Waals surface area contributed by atoms with Crippen molar-refractivity contribution in [2.75, 3.05) is 5.33 Å². The van der Waals surface area contributed by atoms with E-state index in [0.717, 1.165) is 10.9 Å². The molecule has 0 radical (unpaired) electrons. The van der Waals surface area contributed by atoms with Gasteiger partial charge in [-0.15, -0.1) is 0 Å². The Morgan fingerprint density at radius 2 is 1.75 bits per heavy atom. The Bertz CT molecular complexity index is 251. The van der Waals surface area contributed by atoms with Crippen molar-refractivity contribution in [2.24, 2.45) is 0 Å². The highest BCUT2D eigenvalue weighted by molar-refractivity contribution is 9.09. The van der Waals surface area contributed by atoms with Crippen LogP contribution in [0.15, 0.2) is 24.3 Å². The van der Waals surface area contributed by atoms with E-state index in [1.54, 1.807) is 0 Å². The van der Waals surface area contributed by atoms with Gasteiger partial charge in [-0.1, -0.05) is 41.9 Å². The molecule has 0 nitrogen and oxygen atoms in total. The van der Waals surface area contributed by atoms with Crippen LogP contribution in [0.1, 0.15) is 19.4 Å². The SMILES string of the molecule is CC(C)(CBr)c1ccc(F)cc1. The number of hydrogen-bond donors (Lipinski definition) is 0. The Morgan fingerprint density at radius 3 is 2.17 bits per heavy atom. The van der Waals surface area contributed by atoms with Crippen molar-refractivity contribution in [1.82, 2.24) is 0 Å². The van der Waals surface area contributed by atoms with E-state index in [4.69, 9.17) is 0 Å². The molecular formula is C10H12BrF. The van der Waals surface area contributed by atoms with Crippen molar-refractivity contribution < 1.29 is 4.39 Å². The lowest BCUT2D eigenvalue weighted by atomic mass is 9.87. The van der Waals surface area contributed by atoms with Gasteiger partial charge in [0.1, 0.15) is 5.82 Å². The number of benzene rings is 1. The highest BCUT2D eigenvalue weighted by Gasteiger charge is 2.18. The van der Waals surface area contributed by atoms with Gasteiger partial charge in [0.15, 0.2) is 0 Å². The molecule has 0 atom stereocenters. The van der Waals surface area contributed by atoms with Gasteiger partial charge >= 0.3 is 0 Å². The van der Waals surface area contributed by atoms with Gasteiger partial charge in [-0.2, -0.15) is 0 Å². The molecule has 0 bridgehead atoms. The van der Waals surface area contributed by atoms with Crippen LogP contribution in [0.3, 0.4) is 0 Å². The van der Waals surface area contributed by atoms with Gasteiger partial charge in [0.25, 0.3) is 0 Å². The zero-order chi connectivity index (χ0) is 9.19. The molecule has 0 unspecified atom stereocenters. The average Bonchev–Trinajstić information content (AvgIpc) is 2.05. The van der Waals surface area contributed by atoms with Crippen molar-refractivity contribution in [3.8, 4) is 0 Å². The van der Waals surface area contributed by atoms with Gasteiger partial charge in [0, 0.05) is 5.33 Å². The molecule has 0 aromatic heterocycles. The highest BCUT2D eigenvalue weighted by Crippen LogP contribution is 2.24. The standard InChI is InChI=1S/C10H12BrF/c1-10(2,7-11)8-3-5-9(12)6-4-8/h3-6H,7H2,1-2H3. The fraction of sp³-hybridized carbons (Fsp3) is 0.400. The molecule has 0 aliphatic heterocycles. The molecule has 12 heavy (non-hydrogen) atoms. The second kappa shape index (κ2) is 3.56. The molecule has 2 heteroatoms. The first-order valence-electron chi connectivity index (χ1n) is 3.88. The summed E-state index contributed by atoms with van der Waals surface area (Å²) >= 11 is 3.43. The van der Waals surface area contributed by atoms with E-state index in [0.29, 0.717) is 0 Å². The van der Waals surface area contributed by atoms with Gasteiger partial charge in [0.2, 0.25) is 0 Å². The van der Waals surface area contributed by atoms with Crippen LogP contribution in [-0.2, 0) is 5.41 Å². The minimum atomic E-state index is -0.177. The van der Waals surface area contributed by atoms with Crippen molar-refractivity contribution >= 4 is 15.9 Å². The zero-order valence-corrected chi connectivity index (χ0v) is 8.86. The molecule has 0 aliphatic rings. The Labute approximate surface area is 80.9 Å². The first-order valence-corrected chi connectivity index (χ1v) is 5.00. The smallest absolute Gasteiger partial charge is 0.123 e. The van der Waals surface area contributed by atoms with Crippen LogP contribution in [0.25, 0.3) is 0 Å². The Balaban J connectivity index is 2.96. The highest BCUT2D eigenvalue weighted by atomic mass is 79.9. The maximum Gasteiger partial charge on any atom is 0.123 e. The summed E-state index contributed by atoms with van der Waals surface area (Å²) in [7, 11) is 0. The summed E-state index contributed by atoms with van der Waals surface area (Å²) in [6.45, 7) is 4.24. The van der Waals surface area contributed by atoms with E-state index in [9.17, 15) is 4.39 Å². The van der Waals surface area contributed by atoms with E-state index in [2.05, 4.69) is 29.8 Å². The summed E-state index contributed by atoms with van der Waals surface area (Å²) < 4.78 is 12.6. The first kappa shape index (κ1) is 9.72. The maximum atomic E-state index is 12.6. The quantitative estimate of drug-likeness (QED) is 0.683. The van der Waals surface area contributed by atoms with Gasteiger partial charge in [0.05, 0.1) is 0 Å². The lowest BCUT2D eigenvalue weighted by Crippen LogP contribution is -2.18. The average molecular weight is 231 g/mol. The van der Waals surface area contributed by atoms with Crippen molar-refractivity contribution in [2.45, 2.75) is 19.3 Å². The molecule has 0 spiro atoms. The molecule has 0 aliphatic carbocycles. The Kier molecular flexibility index (Phi) is 2.89. The summed E-state index contributed by atoms with van der Waals surface area (Å²) in [6.07, 6.45) is 0. The van der Waals surface area contributed by atoms with Crippen LogP contribution in [0.4, 0.5) is 4.39 Å². The lowest BCUT2D eigenvalue weighted by Gasteiger charge is -2.21. The summed E-state index contributed by atoms with van der Waals surface area (Å²) in [5, 5.41) is 0.881. The number of halogens is 2. The van der Waals surface area contributed by atoms with E-state index < -0.39 is 0 Å². The summed E-state index contributed by atoms with van der Waals surface area (Å²) in [6, 6.07) is 6.66. The number of alkyl halides is 1. The van der Waals surface area contributed by atoms with Crippen LogP contribution < -0.4 is 0 Å². The fourth-order valence-electron chi connectivity index (χ4n) is 0.978. The van der Waals surface area contributed by atoms with Crippen molar-refractivity contribution in [3.63, 3.8) is 0 Å². The molecular weight excluding hydrogens is 219 g/mol. The lowest BCUT2D eigenvalue weighted by molar-refractivity contribution is 0.595. The van der Waals surface area contributed by atoms with Crippen LogP contribution >= 0.6 is 15.9 Å². The summed E-state index contributed by atoms with van der Waals surface area (Å²) in [4.78, 5) is 0. The van der Waals surface area contributed by atoms with Gasteiger partial charge in [-0.05, 0) is 23.1 Å². The van der Waals surface area contributed by atoms with E-state index in [1.165, 1.54) is 12.1 Å². The van der Waals surface area contributed by atoms with Crippen LogP contribution in [-0.4, -0.2) is 5.33 Å². The molecule has 0 amide bonds. The van der Waals surface area contributed by atoms with Gasteiger partial charge in [-0.25, -0.2) is 4.39 Å². The first-order chi connectivity index (χ1) is 5.56. The van der Waals surface area contributed by atoms with Crippen molar-refractivity contribution in [3.05, 3.63) is 35.6 Å². The van der Waals surface area contributed by atoms with Gasteiger partial charge < -0.3 is 0 Å². The van der Waals surface area contributed by atoms with Crippen molar-refractivity contribution in [1.29, 1.82) is 0 Å². The van der Waals surface area contributed by atoms with Crippen LogP contribution in [0.2, 0.25) is 0 Å². The van der Waals surface area contributed by atoms with E-state index in [-0.39, 0.29) is 11.2 Å². The third-order valence-corrected chi connectivity index (χ3v) is 3.36. The Morgan fingerprint density at radius 1 is 1.25 bits per heavy atom. The third-order valence-electron chi connectivity index (χ3n) is 1.96. The molecule has 0 saturated carbocycles. The van der Waals surface area contributed by atoms with E-state index >= 15 is 0 Å². The minimum absolute atomic E-state index is 0.0771. The molecule has 0 heterocycles. The summed E-state index contributed by atoms with van der Waals surface area (Å²) in [5.41, 5.74) is 1.23. The molecule has 1 aromatic carbocycles. The second-order valence-corrected chi connectivity index (χ2v) is 4.09. The monoisotopic (exact) mass is 230 g/mol. The predicted molar refractivity (Wildman–Crippen MR) is 53.2 cm³/mol. The molecule has 1 aromatic rings. The van der Waals surface area contributed by atoms with E-state index in [1.807, 2.05) is 12.1 Å². The molecule has 66 valence electrons. The summed E-state index contributed by atoms with van der Waals surface area (Å²) in [5.74, 6) is -0.177. The number of rotatable bonds is 2. The maximum absolute atomic E-state index is 12.6. The molecule has 1 rings (SSSR count). The second-order valence-electron chi connectivity index (χ2n) is 3.52. The Hall–Kier alpha value is -0.370. The molecule has 0 saturated heterocycles. The topological polar surface area (TPSA) is 0 Å². The normalized spacial score (nSPS) is 11.7.